The highest BCUT2D eigenvalue weighted by molar-refractivity contribution is 4.82. The van der Waals surface area contributed by atoms with Crippen LogP contribution in [0.4, 0.5) is 4.39 Å². The zero-order valence-electron chi connectivity index (χ0n) is 3.96. The van der Waals surface area contributed by atoms with Gasteiger partial charge >= 0.3 is 0 Å². The summed E-state index contributed by atoms with van der Waals surface area (Å²) in [7, 11) is 1.66. The summed E-state index contributed by atoms with van der Waals surface area (Å²) in [5.74, 6) is -0.197. The summed E-state index contributed by atoms with van der Waals surface area (Å²) in [6.45, 7) is 1.39. The largest absolute Gasteiger partial charge is 0.392 e. The lowest BCUT2D eigenvalue weighted by molar-refractivity contribution is 0.631. The average molecular weight is 89.1 g/mol. The topological polar surface area (TPSA) is 12.0 Å². The molecule has 36 valence electrons. The summed E-state index contributed by atoms with van der Waals surface area (Å²) in [5, 5.41) is 2.53. The van der Waals surface area contributed by atoms with E-state index < -0.39 is 0 Å². The summed E-state index contributed by atoms with van der Waals surface area (Å²) in [6, 6.07) is 0. The monoisotopic (exact) mass is 89.1 g/mol. The molecule has 2 heteroatoms. The lowest BCUT2D eigenvalue weighted by Crippen LogP contribution is -1.91. The van der Waals surface area contributed by atoms with Gasteiger partial charge in [-0.25, -0.2) is 4.39 Å². The molecule has 0 bridgehead atoms. The van der Waals surface area contributed by atoms with Gasteiger partial charge in [-0.3, -0.25) is 0 Å². The Morgan fingerprint density at radius 2 is 2.33 bits per heavy atom. The third-order valence-electron chi connectivity index (χ3n) is 0.343. The predicted octanol–water partition coefficient (Wildman–Crippen LogP) is 1.04. The van der Waals surface area contributed by atoms with Crippen molar-refractivity contribution in [1.29, 1.82) is 0 Å². The highest BCUT2D eigenvalue weighted by Gasteiger charge is 1.71. The second-order valence-electron chi connectivity index (χ2n) is 1.02. The SMILES string of the molecule is CN/C=C(/C)F. The molecule has 0 amide bonds. The fourth-order valence-corrected chi connectivity index (χ4v) is 0.199. The molecule has 0 atom stereocenters. The van der Waals surface area contributed by atoms with Crippen molar-refractivity contribution < 1.29 is 4.39 Å². The van der Waals surface area contributed by atoms with Crippen molar-refractivity contribution in [2.24, 2.45) is 0 Å². The molecular weight excluding hydrogens is 81.0 g/mol. The summed E-state index contributed by atoms with van der Waals surface area (Å²) in [5.41, 5.74) is 0. The molecule has 0 rings (SSSR count). The normalized spacial score (nSPS) is 11.5. The molecule has 0 aliphatic heterocycles. The van der Waals surface area contributed by atoms with Crippen molar-refractivity contribution in [2.45, 2.75) is 6.92 Å². The van der Waals surface area contributed by atoms with Gasteiger partial charge in [0.15, 0.2) is 0 Å². The van der Waals surface area contributed by atoms with E-state index in [9.17, 15) is 4.39 Å². The Labute approximate surface area is 36.9 Å². The first-order valence-corrected chi connectivity index (χ1v) is 1.77. The minimum absolute atomic E-state index is 0.197. The number of hydrogen-bond donors (Lipinski definition) is 1. The van der Waals surface area contributed by atoms with Crippen molar-refractivity contribution in [2.75, 3.05) is 7.05 Å². The molecule has 0 saturated heterocycles. The van der Waals surface area contributed by atoms with Crippen LogP contribution >= 0.6 is 0 Å². The van der Waals surface area contributed by atoms with E-state index in [0.29, 0.717) is 0 Å². The Morgan fingerprint density at radius 1 is 1.83 bits per heavy atom. The van der Waals surface area contributed by atoms with Crippen molar-refractivity contribution in [1.82, 2.24) is 5.32 Å². The van der Waals surface area contributed by atoms with Gasteiger partial charge in [0.1, 0.15) is 5.83 Å². The second kappa shape index (κ2) is 2.69. The molecule has 0 unspecified atom stereocenters. The third kappa shape index (κ3) is 3.47. The molecule has 0 aliphatic carbocycles. The van der Waals surface area contributed by atoms with Crippen LogP contribution < -0.4 is 5.32 Å². The molecule has 0 aromatic heterocycles. The minimum Gasteiger partial charge on any atom is -0.392 e. The Bertz CT molecular complexity index is 54.6. The summed E-state index contributed by atoms with van der Waals surface area (Å²) < 4.78 is 11.5. The van der Waals surface area contributed by atoms with Crippen LogP contribution in [0.5, 0.6) is 0 Å². The second-order valence-corrected chi connectivity index (χ2v) is 1.02. The quantitative estimate of drug-likeness (QED) is 0.506. The van der Waals surface area contributed by atoms with E-state index in [-0.39, 0.29) is 5.83 Å². The maximum Gasteiger partial charge on any atom is 0.112 e. The number of hydrogen-bond acceptors (Lipinski definition) is 1. The van der Waals surface area contributed by atoms with Crippen LogP contribution in [0.15, 0.2) is 12.0 Å². The molecule has 0 radical (unpaired) electrons. The van der Waals surface area contributed by atoms with Gasteiger partial charge in [-0.05, 0) is 6.92 Å². The van der Waals surface area contributed by atoms with Crippen molar-refractivity contribution >= 4 is 0 Å². The minimum atomic E-state index is -0.197. The van der Waals surface area contributed by atoms with Gasteiger partial charge in [0, 0.05) is 13.2 Å². The van der Waals surface area contributed by atoms with E-state index >= 15 is 0 Å². The molecule has 1 nitrogen and oxygen atoms in total. The first kappa shape index (κ1) is 5.47. The molecule has 1 N–H and O–H groups in total. The molecule has 0 heterocycles. The molecule has 0 aliphatic rings. The van der Waals surface area contributed by atoms with Gasteiger partial charge in [0.25, 0.3) is 0 Å². The maximum atomic E-state index is 11.5. The first-order valence-electron chi connectivity index (χ1n) is 1.77. The summed E-state index contributed by atoms with van der Waals surface area (Å²) in [6.07, 6.45) is 1.29. The number of nitrogens with one attached hydrogen (secondary N) is 1. The van der Waals surface area contributed by atoms with Gasteiger partial charge in [0.05, 0.1) is 0 Å². The van der Waals surface area contributed by atoms with Gasteiger partial charge in [-0.2, -0.15) is 0 Å². The van der Waals surface area contributed by atoms with Gasteiger partial charge in [0.2, 0.25) is 0 Å². The van der Waals surface area contributed by atoms with Crippen LogP contribution in [-0.4, -0.2) is 7.05 Å². The van der Waals surface area contributed by atoms with Crippen molar-refractivity contribution in [3.63, 3.8) is 0 Å². The number of allylic oxidation sites excluding steroid dienone is 1. The Hall–Kier alpha value is -0.530. The van der Waals surface area contributed by atoms with Crippen LogP contribution in [-0.2, 0) is 0 Å². The lowest BCUT2D eigenvalue weighted by atomic mass is 10.6. The van der Waals surface area contributed by atoms with Crippen LogP contribution in [0.1, 0.15) is 6.92 Å². The van der Waals surface area contributed by atoms with Gasteiger partial charge in [-0.15, -0.1) is 0 Å². The van der Waals surface area contributed by atoms with E-state index in [0.717, 1.165) is 0 Å². The molecule has 0 aromatic carbocycles. The Balaban J connectivity index is 3.14. The van der Waals surface area contributed by atoms with E-state index in [4.69, 9.17) is 0 Å². The fraction of sp³-hybridized carbons (Fsp3) is 0.500. The standard InChI is InChI=1S/C4H8FN/c1-4(5)3-6-2/h3,6H,1-2H3/b4-3-. The molecule has 0 fully saturated rings. The highest BCUT2D eigenvalue weighted by atomic mass is 19.1. The molecule has 0 aromatic rings. The van der Waals surface area contributed by atoms with Crippen LogP contribution in [0.3, 0.4) is 0 Å². The number of rotatable bonds is 1. The van der Waals surface area contributed by atoms with E-state index in [2.05, 4.69) is 5.32 Å². The van der Waals surface area contributed by atoms with Gasteiger partial charge in [-0.1, -0.05) is 0 Å². The molecule has 6 heavy (non-hydrogen) atoms. The van der Waals surface area contributed by atoms with Crippen molar-refractivity contribution in [3.8, 4) is 0 Å². The van der Waals surface area contributed by atoms with Crippen LogP contribution in [0, 0.1) is 0 Å². The maximum absolute atomic E-state index is 11.5. The molecular formula is C4H8FN. The fourth-order valence-electron chi connectivity index (χ4n) is 0.199. The molecule has 0 saturated carbocycles. The third-order valence-corrected chi connectivity index (χ3v) is 0.343. The van der Waals surface area contributed by atoms with Crippen LogP contribution in [0.25, 0.3) is 0 Å². The average Bonchev–Trinajstić information content (AvgIpc) is 1.35. The van der Waals surface area contributed by atoms with Crippen molar-refractivity contribution in [3.05, 3.63) is 12.0 Å². The van der Waals surface area contributed by atoms with Crippen LogP contribution in [0.2, 0.25) is 0 Å². The van der Waals surface area contributed by atoms with Gasteiger partial charge < -0.3 is 5.32 Å². The van der Waals surface area contributed by atoms with E-state index in [1.165, 1.54) is 13.1 Å². The van der Waals surface area contributed by atoms with E-state index in [1.807, 2.05) is 0 Å². The predicted molar refractivity (Wildman–Crippen MR) is 23.9 cm³/mol. The summed E-state index contributed by atoms with van der Waals surface area (Å²) >= 11 is 0. The smallest absolute Gasteiger partial charge is 0.112 e. The lowest BCUT2D eigenvalue weighted by Gasteiger charge is -1.81. The first-order chi connectivity index (χ1) is 2.77. The molecule has 0 spiro atoms. The highest BCUT2D eigenvalue weighted by Crippen LogP contribution is 1.85. The van der Waals surface area contributed by atoms with E-state index in [1.54, 1.807) is 7.05 Å². The summed E-state index contributed by atoms with van der Waals surface area (Å²) in [4.78, 5) is 0. The Morgan fingerprint density at radius 3 is 2.33 bits per heavy atom. The zero-order valence-corrected chi connectivity index (χ0v) is 3.96. The zero-order chi connectivity index (χ0) is 4.99. The Kier molecular flexibility index (Phi) is 2.46. The number of halogens is 1.